The number of hydrogen-bond donors (Lipinski definition) is 2. The zero-order valence-electron chi connectivity index (χ0n) is 27.4. The predicted octanol–water partition coefficient (Wildman–Crippen LogP) is 8.26. The van der Waals surface area contributed by atoms with Gasteiger partial charge in [0, 0.05) is 27.7 Å². The van der Waals surface area contributed by atoms with Gasteiger partial charge in [-0.2, -0.15) is 13.2 Å². The minimum absolute atomic E-state index is 0.00309. The molecule has 6 rings (SSSR count). The van der Waals surface area contributed by atoms with E-state index in [9.17, 15) is 18.0 Å². The Balaban J connectivity index is 1.47. The molecule has 0 saturated carbocycles. The van der Waals surface area contributed by atoms with Crippen LogP contribution >= 0.6 is 23.2 Å². The van der Waals surface area contributed by atoms with E-state index in [2.05, 4.69) is 10.6 Å². The fraction of sp³-hybridized carbons (Fsp3) is 0.316. The van der Waals surface area contributed by atoms with E-state index >= 15 is 4.79 Å². The predicted molar refractivity (Wildman–Crippen MR) is 185 cm³/mol. The molecule has 0 amide bonds. The summed E-state index contributed by atoms with van der Waals surface area (Å²) in [7, 11) is 1.37. The molecule has 50 heavy (non-hydrogen) atoms. The number of nitrogens with one attached hydrogen (secondary N) is 2. The highest BCUT2D eigenvalue weighted by Gasteiger charge is 2.53. The molecule has 7 nitrogen and oxygen atoms in total. The standard InChI is InChI=1S/C38H36Cl2F3N3O4/c1-3-50-32-19-14-27(38(41,42)43)21-30(32)37(35(47)26-8-6-23(7-9-26)22-46-20-4-5-31(46)36(48)49-2)44-33(24-10-15-28(39)16-11-24)34(45-37)25-12-17-29(40)18-13-25/h6-19,21,31,33-34,44-45H,3-5,20,22H2,1-2H3. The van der Waals surface area contributed by atoms with Crippen molar-refractivity contribution in [2.24, 2.45) is 0 Å². The SMILES string of the molecule is CCOc1ccc(C(F)(F)F)cc1C1(C(=O)c2ccc(CN3CCCC3C(=O)OC)cc2)NC(c2ccc(Cl)cc2)C(c2ccc(Cl)cc2)N1. The number of likely N-dealkylation sites (tertiary alicyclic amines) is 1. The van der Waals surface area contributed by atoms with Gasteiger partial charge in [0.25, 0.3) is 0 Å². The fourth-order valence-corrected chi connectivity index (χ4v) is 7.14. The maximum atomic E-state index is 15.0. The highest BCUT2D eigenvalue weighted by Crippen LogP contribution is 2.46. The number of nitrogens with zero attached hydrogens (tertiary/aromatic N) is 1. The summed E-state index contributed by atoms with van der Waals surface area (Å²) in [4.78, 5) is 29.4. The number of carbonyl (C=O) groups excluding carboxylic acids is 2. The molecule has 2 N–H and O–H groups in total. The Morgan fingerprint density at radius 3 is 1.98 bits per heavy atom. The van der Waals surface area contributed by atoms with E-state index in [1.807, 2.05) is 29.2 Å². The van der Waals surface area contributed by atoms with E-state index in [0.717, 1.165) is 41.8 Å². The molecule has 2 aliphatic rings. The lowest BCUT2D eigenvalue weighted by Gasteiger charge is -2.32. The van der Waals surface area contributed by atoms with E-state index in [1.165, 1.54) is 13.2 Å². The van der Waals surface area contributed by atoms with Gasteiger partial charge < -0.3 is 9.47 Å². The van der Waals surface area contributed by atoms with E-state index in [-0.39, 0.29) is 35.5 Å². The Kier molecular flexibility index (Phi) is 10.6. The number of ether oxygens (including phenoxy) is 2. The molecule has 0 spiro atoms. The molecule has 262 valence electrons. The van der Waals surface area contributed by atoms with Crippen molar-refractivity contribution in [2.45, 2.75) is 56.3 Å². The lowest BCUT2D eigenvalue weighted by atomic mass is 9.88. The van der Waals surface area contributed by atoms with Crippen LogP contribution in [0, 0.1) is 0 Å². The molecular formula is C38H36Cl2F3N3O4. The summed E-state index contributed by atoms with van der Waals surface area (Å²) in [6.45, 7) is 3.07. The summed E-state index contributed by atoms with van der Waals surface area (Å²) in [6, 6.07) is 22.7. The van der Waals surface area contributed by atoms with Gasteiger partial charge in [0.15, 0.2) is 5.66 Å². The Morgan fingerprint density at radius 1 is 0.880 bits per heavy atom. The molecule has 4 aromatic carbocycles. The molecule has 4 aromatic rings. The lowest BCUT2D eigenvalue weighted by molar-refractivity contribution is -0.146. The number of benzene rings is 4. The summed E-state index contributed by atoms with van der Waals surface area (Å²) in [6.07, 6.45) is -3.13. The van der Waals surface area contributed by atoms with Crippen LogP contribution in [0.4, 0.5) is 13.2 Å². The molecule has 2 heterocycles. The van der Waals surface area contributed by atoms with Crippen LogP contribution < -0.4 is 15.4 Å². The average Bonchev–Trinajstić information content (AvgIpc) is 3.74. The summed E-state index contributed by atoms with van der Waals surface area (Å²) in [5.41, 5.74) is -0.183. The molecule has 0 aliphatic carbocycles. The Morgan fingerprint density at radius 2 is 1.46 bits per heavy atom. The van der Waals surface area contributed by atoms with Crippen molar-refractivity contribution in [2.75, 3.05) is 20.3 Å². The van der Waals surface area contributed by atoms with Gasteiger partial charge in [-0.15, -0.1) is 0 Å². The summed E-state index contributed by atoms with van der Waals surface area (Å²) in [5, 5.41) is 7.92. The number of hydrogen-bond acceptors (Lipinski definition) is 7. The van der Waals surface area contributed by atoms with Gasteiger partial charge >= 0.3 is 12.1 Å². The molecule has 3 atom stereocenters. The second-order valence-corrected chi connectivity index (χ2v) is 13.3. The summed E-state index contributed by atoms with van der Waals surface area (Å²) in [5.74, 6) is -0.667. The molecule has 2 fully saturated rings. The van der Waals surface area contributed by atoms with Crippen LogP contribution in [0.1, 0.15) is 70.0 Å². The maximum Gasteiger partial charge on any atom is 0.416 e. The van der Waals surface area contributed by atoms with Crippen molar-refractivity contribution >= 4 is 35.0 Å². The minimum atomic E-state index is -4.69. The first-order valence-corrected chi connectivity index (χ1v) is 17.1. The quantitative estimate of drug-likeness (QED) is 0.126. The molecular weight excluding hydrogens is 690 g/mol. The lowest BCUT2D eigenvalue weighted by Crippen LogP contribution is -2.53. The van der Waals surface area contributed by atoms with Gasteiger partial charge in [-0.05, 0) is 85.5 Å². The Bertz CT molecular complexity index is 1780. The van der Waals surface area contributed by atoms with Crippen LogP contribution in [-0.4, -0.2) is 43.0 Å². The molecule has 12 heteroatoms. The smallest absolute Gasteiger partial charge is 0.416 e. The fourth-order valence-electron chi connectivity index (χ4n) is 6.89. The van der Waals surface area contributed by atoms with E-state index in [4.69, 9.17) is 32.7 Å². The number of Topliss-reactive ketones (excluding diaryl/α,β-unsaturated/α-hetero) is 1. The van der Waals surface area contributed by atoms with Gasteiger partial charge in [-0.3, -0.25) is 25.1 Å². The summed E-state index contributed by atoms with van der Waals surface area (Å²) < 4.78 is 53.7. The van der Waals surface area contributed by atoms with Gasteiger partial charge in [-0.25, -0.2) is 0 Å². The number of esters is 1. The first-order valence-electron chi connectivity index (χ1n) is 16.3. The summed E-state index contributed by atoms with van der Waals surface area (Å²) >= 11 is 12.5. The van der Waals surface area contributed by atoms with Crippen molar-refractivity contribution in [1.29, 1.82) is 0 Å². The third-order valence-electron chi connectivity index (χ3n) is 9.33. The van der Waals surface area contributed by atoms with Crippen LogP contribution in [0.2, 0.25) is 10.0 Å². The monoisotopic (exact) mass is 725 g/mol. The normalized spacial score (nSPS) is 22.4. The molecule has 0 radical (unpaired) electrons. The second kappa shape index (κ2) is 14.7. The van der Waals surface area contributed by atoms with Gasteiger partial charge in [0.05, 0.1) is 31.4 Å². The van der Waals surface area contributed by atoms with Crippen LogP contribution in [0.25, 0.3) is 0 Å². The van der Waals surface area contributed by atoms with Gasteiger partial charge in [0.2, 0.25) is 5.78 Å². The zero-order chi connectivity index (χ0) is 35.6. The zero-order valence-corrected chi connectivity index (χ0v) is 28.9. The highest BCUT2D eigenvalue weighted by atomic mass is 35.5. The molecule has 0 aromatic heterocycles. The second-order valence-electron chi connectivity index (χ2n) is 12.4. The number of rotatable bonds is 10. The Hall–Kier alpha value is -3.93. The number of ketones is 1. The number of halogens is 5. The molecule has 2 saturated heterocycles. The maximum absolute atomic E-state index is 15.0. The van der Waals surface area contributed by atoms with Crippen molar-refractivity contribution in [3.05, 3.63) is 134 Å². The molecule has 0 bridgehead atoms. The van der Waals surface area contributed by atoms with Crippen LogP contribution in [-0.2, 0) is 27.9 Å². The minimum Gasteiger partial charge on any atom is -0.493 e. The number of carbonyl (C=O) groups is 2. The van der Waals surface area contributed by atoms with Crippen molar-refractivity contribution in [3.8, 4) is 5.75 Å². The highest BCUT2D eigenvalue weighted by molar-refractivity contribution is 6.30. The molecule has 2 aliphatic heterocycles. The van der Waals surface area contributed by atoms with Crippen molar-refractivity contribution in [1.82, 2.24) is 15.5 Å². The van der Waals surface area contributed by atoms with Crippen LogP contribution in [0.3, 0.4) is 0 Å². The number of methoxy groups -OCH3 is 1. The van der Waals surface area contributed by atoms with Gasteiger partial charge in [-0.1, -0.05) is 71.7 Å². The third-order valence-corrected chi connectivity index (χ3v) is 9.83. The molecule has 3 unspecified atom stereocenters. The van der Waals surface area contributed by atoms with Crippen LogP contribution in [0.5, 0.6) is 5.75 Å². The van der Waals surface area contributed by atoms with E-state index < -0.39 is 35.3 Å². The average molecular weight is 727 g/mol. The number of alkyl halides is 3. The van der Waals surface area contributed by atoms with Crippen molar-refractivity contribution in [3.63, 3.8) is 0 Å². The van der Waals surface area contributed by atoms with E-state index in [0.29, 0.717) is 23.0 Å². The van der Waals surface area contributed by atoms with Gasteiger partial charge in [0.1, 0.15) is 11.8 Å². The first-order chi connectivity index (χ1) is 23.9. The third kappa shape index (κ3) is 7.27. The van der Waals surface area contributed by atoms with Crippen molar-refractivity contribution < 1.29 is 32.2 Å². The van der Waals surface area contributed by atoms with E-state index in [1.54, 1.807) is 55.5 Å². The topological polar surface area (TPSA) is 79.9 Å². The Labute approximate surface area is 298 Å². The van der Waals surface area contributed by atoms with Crippen LogP contribution in [0.15, 0.2) is 91.0 Å². The largest absolute Gasteiger partial charge is 0.493 e. The first kappa shape index (κ1) is 35.9.